The summed E-state index contributed by atoms with van der Waals surface area (Å²) < 4.78 is 93.9. The predicted octanol–water partition coefficient (Wildman–Crippen LogP) is 8.24. The summed E-state index contributed by atoms with van der Waals surface area (Å²) >= 11 is -0.750. The molecule has 0 saturated heterocycles. The van der Waals surface area contributed by atoms with Gasteiger partial charge in [0.2, 0.25) is 0 Å². The van der Waals surface area contributed by atoms with Gasteiger partial charge in [0, 0.05) is 23.2 Å². The van der Waals surface area contributed by atoms with E-state index in [0.29, 0.717) is 34.2 Å². The Morgan fingerprint density at radius 1 is 0.907 bits per heavy atom. The van der Waals surface area contributed by atoms with Crippen LogP contribution in [0.25, 0.3) is 39.4 Å². The summed E-state index contributed by atoms with van der Waals surface area (Å²) in [7, 11) is 0. The minimum absolute atomic E-state index is 0.0257. The van der Waals surface area contributed by atoms with Crippen LogP contribution in [0.2, 0.25) is 0 Å². The summed E-state index contributed by atoms with van der Waals surface area (Å²) in [6.45, 7) is 2.78. The van der Waals surface area contributed by atoms with Crippen molar-refractivity contribution in [3.63, 3.8) is 0 Å². The molecule has 0 atom stereocenters. The van der Waals surface area contributed by atoms with Gasteiger partial charge in [0.1, 0.15) is 11.4 Å². The van der Waals surface area contributed by atoms with Gasteiger partial charge >= 0.3 is 24.4 Å². The minimum atomic E-state index is -4.61. The van der Waals surface area contributed by atoms with Gasteiger partial charge < -0.3 is 9.15 Å². The maximum absolute atomic E-state index is 13.4. The summed E-state index contributed by atoms with van der Waals surface area (Å²) in [6, 6.07) is 19.9. The molecule has 0 fully saturated rings. The molecule has 13 heteroatoms. The highest BCUT2D eigenvalue weighted by Crippen LogP contribution is 2.40. The summed E-state index contributed by atoms with van der Waals surface area (Å²) in [5.74, 6) is 0.598. The largest absolute Gasteiger partial charge is 0.440 e. The summed E-state index contributed by atoms with van der Waals surface area (Å²) in [5, 5.41) is 3.78. The van der Waals surface area contributed by atoms with Crippen molar-refractivity contribution in [1.82, 2.24) is 14.8 Å². The van der Waals surface area contributed by atoms with Gasteiger partial charge in [-0.05, 0) is 60.5 Å². The first-order valence-corrected chi connectivity index (χ1v) is 13.4. The van der Waals surface area contributed by atoms with Gasteiger partial charge in [0.05, 0.1) is 5.69 Å². The second-order valence-electron chi connectivity index (χ2n) is 9.60. The lowest BCUT2D eigenvalue weighted by atomic mass is 9.97. The van der Waals surface area contributed by atoms with E-state index in [4.69, 9.17) is 17.8 Å². The first kappa shape index (κ1) is 31.3. The number of rotatable bonds is 7. The van der Waals surface area contributed by atoms with Crippen LogP contribution in [-0.4, -0.2) is 29.8 Å². The van der Waals surface area contributed by atoms with Crippen molar-refractivity contribution < 1.29 is 39.5 Å². The van der Waals surface area contributed by atoms with Crippen LogP contribution < -0.4 is 4.74 Å². The van der Waals surface area contributed by atoms with Crippen molar-refractivity contribution in [2.45, 2.75) is 39.5 Å². The third-order valence-electron chi connectivity index (χ3n) is 6.21. The topological polar surface area (TPSA) is 87.2 Å². The van der Waals surface area contributed by atoms with Crippen LogP contribution in [0.3, 0.4) is 0 Å². The van der Waals surface area contributed by atoms with E-state index in [2.05, 4.69) is 9.84 Å². The molecule has 224 valence electrons. The molecular weight excluding hydrogens is 593 g/mol. The lowest BCUT2D eigenvalue weighted by Gasteiger charge is -2.13. The fraction of sp³-hybridized carbons (Fsp3) is 0.200. The van der Waals surface area contributed by atoms with E-state index < -0.39 is 30.1 Å². The van der Waals surface area contributed by atoms with Crippen molar-refractivity contribution in [1.29, 1.82) is 0 Å². The third-order valence-corrected chi connectivity index (χ3v) is 6.21. The lowest BCUT2D eigenvalue weighted by molar-refractivity contribution is -0.141. The number of benzene rings is 3. The minimum Gasteiger partial charge on any atom is -0.440 e. The first-order chi connectivity index (χ1) is 20.4. The number of hydrogen-bond donors (Lipinski definition) is 0. The molecule has 5 aromatic rings. The fourth-order valence-corrected chi connectivity index (χ4v) is 4.29. The molecule has 0 N–H and O–H groups in total. The zero-order valence-corrected chi connectivity index (χ0v) is 23.7. The van der Waals surface area contributed by atoms with E-state index in [1.54, 1.807) is 18.2 Å². The summed E-state index contributed by atoms with van der Waals surface area (Å²) in [6.07, 6.45) is -3.37. The SMILES string of the molecule is Cc1cccc(-c2ccc(-n3ccc(C(F)(F)F)n3)c(-c3nc(C(C)C)oc3-c3ccc(OC(F)F)cc3)c2)c1.O=S=O. The average molecular weight is 618 g/mol. The van der Waals surface area contributed by atoms with E-state index >= 15 is 0 Å². The van der Waals surface area contributed by atoms with E-state index in [-0.39, 0.29) is 11.7 Å². The van der Waals surface area contributed by atoms with Crippen molar-refractivity contribution in [2.75, 3.05) is 0 Å². The number of aromatic nitrogens is 3. The van der Waals surface area contributed by atoms with Crippen LogP contribution in [0.15, 0.2) is 83.4 Å². The van der Waals surface area contributed by atoms with Crippen molar-refractivity contribution in [3.8, 4) is 45.1 Å². The van der Waals surface area contributed by atoms with Crippen LogP contribution in [0.5, 0.6) is 5.75 Å². The molecule has 43 heavy (non-hydrogen) atoms. The van der Waals surface area contributed by atoms with Crippen molar-refractivity contribution in [2.24, 2.45) is 0 Å². The Morgan fingerprint density at radius 2 is 1.56 bits per heavy atom. The van der Waals surface area contributed by atoms with Gasteiger partial charge in [-0.1, -0.05) is 49.7 Å². The molecule has 0 aliphatic rings. The van der Waals surface area contributed by atoms with Crippen LogP contribution in [0.1, 0.15) is 36.9 Å². The van der Waals surface area contributed by atoms with E-state index in [9.17, 15) is 22.0 Å². The van der Waals surface area contributed by atoms with Gasteiger partial charge in [0.25, 0.3) is 0 Å². The Labute approximate surface area is 246 Å². The maximum Gasteiger partial charge on any atom is 0.435 e. The molecule has 7 nitrogen and oxygen atoms in total. The highest BCUT2D eigenvalue weighted by Gasteiger charge is 2.34. The molecule has 0 spiro atoms. The van der Waals surface area contributed by atoms with E-state index in [1.807, 2.05) is 57.2 Å². The first-order valence-electron chi connectivity index (χ1n) is 12.7. The smallest absolute Gasteiger partial charge is 0.435 e. The number of oxazole rings is 1. The fourth-order valence-electron chi connectivity index (χ4n) is 4.29. The molecule has 0 unspecified atom stereocenters. The molecule has 0 aliphatic carbocycles. The number of halogens is 5. The van der Waals surface area contributed by atoms with Gasteiger partial charge in [-0.2, -0.15) is 35.5 Å². The number of aryl methyl sites for hydroxylation is 1. The summed E-state index contributed by atoms with van der Waals surface area (Å²) in [5.41, 5.74) is 3.47. The quantitative estimate of drug-likeness (QED) is 0.171. The molecule has 0 aliphatic heterocycles. The Morgan fingerprint density at radius 3 is 2.14 bits per heavy atom. The van der Waals surface area contributed by atoms with Gasteiger partial charge in [0.15, 0.2) is 17.3 Å². The molecule has 0 bridgehead atoms. The van der Waals surface area contributed by atoms with E-state index in [0.717, 1.165) is 27.4 Å². The molecule has 0 radical (unpaired) electrons. The molecule has 2 aromatic heterocycles. The molecule has 3 aromatic carbocycles. The monoisotopic (exact) mass is 617 g/mol. The second-order valence-corrected chi connectivity index (χ2v) is 9.74. The van der Waals surface area contributed by atoms with E-state index in [1.165, 1.54) is 18.3 Å². The number of nitrogens with zero attached hydrogens (tertiary/aromatic N) is 3. The number of alkyl halides is 5. The standard InChI is InChI=1S/C30H24F5N3O2.O2S/c1-17(2)28-36-26(27(40-28)19-7-10-22(11-8-19)39-29(31)32)23-16-21(20-6-4-5-18(3)15-20)9-12-24(23)38-14-13-25(37-38)30(33,34)35;1-3-2/h4-17,29H,1-3H3;. The van der Waals surface area contributed by atoms with Crippen molar-refractivity contribution in [3.05, 3.63) is 96.1 Å². The second kappa shape index (κ2) is 13.1. The molecule has 0 amide bonds. The molecular formula is C30H24F5N3O4S. The zero-order chi connectivity index (χ0) is 31.3. The van der Waals surface area contributed by atoms with Crippen LogP contribution in [-0.2, 0) is 17.7 Å². The molecule has 2 heterocycles. The predicted molar refractivity (Wildman–Crippen MR) is 149 cm³/mol. The molecule has 0 saturated carbocycles. The normalized spacial score (nSPS) is 11.4. The summed E-state index contributed by atoms with van der Waals surface area (Å²) in [4.78, 5) is 4.74. The van der Waals surface area contributed by atoms with Gasteiger partial charge in [-0.25, -0.2) is 9.67 Å². The third kappa shape index (κ3) is 7.41. The van der Waals surface area contributed by atoms with Gasteiger partial charge in [-0.15, -0.1) is 0 Å². The number of hydrogen-bond acceptors (Lipinski definition) is 6. The average Bonchev–Trinajstić information content (AvgIpc) is 3.62. The zero-order valence-electron chi connectivity index (χ0n) is 22.9. The highest BCUT2D eigenvalue weighted by atomic mass is 32.1. The van der Waals surface area contributed by atoms with Crippen molar-refractivity contribution >= 4 is 11.6 Å². The Hall–Kier alpha value is -4.65. The lowest BCUT2D eigenvalue weighted by Crippen LogP contribution is -2.07. The molecule has 5 rings (SSSR count). The maximum atomic E-state index is 13.4. The Balaban J connectivity index is 0.00000135. The van der Waals surface area contributed by atoms with Crippen LogP contribution >= 0.6 is 0 Å². The van der Waals surface area contributed by atoms with Crippen LogP contribution in [0.4, 0.5) is 22.0 Å². The number of ether oxygens (including phenoxy) is 1. The Kier molecular flexibility index (Phi) is 9.54. The highest BCUT2D eigenvalue weighted by molar-refractivity contribution is 7.51. The van der Waals surface area contributed by atoms with Gasteiger partial charge in [-0.3, -0.25) is 0 Å². The Bertz CT molecular complexity index is 1740. The van der Waals surface area contributed by atoms with Crippen LogP contribution in [0, 0.1) is 6.92 Å².